The average Bonchev–Trinajstić information content (AvgIpc) is 3.03. The van der Waals surface area contributed by atoms with Gasteiger partial charge in [0.15, 0.2) is 0 Å². The number of hydrogen-bond donors (Lipinski definition) is 2. The summed E-state index contributed by atoms with van der Waals surface area (Å²) >= 11 is 0. The van der Waals surface area contributed by atoms with Crippen molar-refractivity contribution in [2.75, 3.05) is 13.1 Å². The highest BCUT2D eigenvalue weighted by atomic mass is 16.3. The molecule has 2 saturated carbocycles. The van der Waals surface area contributed by atoms with Crippen LogP contribution in [0, 0.1) is 23.2 Å². The van der Waals surface area contributed by atoms with Crippen LogP contribution >= 0.6 is 0 Å². The van der Waals surface area contributed by atoms with Gasteiger partial charge in [0.2, 0.25) is 5.91 Å². The molecule has 23 heavy (non-hydrogen) atoms. The summed E-state index contributed by atoms with van der Waals surface area (Å²) in [6.07, 6.45) is 7.54. The highest BCUT2D eigenvalue weighted by Gasteiger charge is 2.55. The molecule has 4 unspecified atom stereocenters. The molecule has 4 aliphatic rings. The minimum absolute atomic E-state index is 0.00144. The second-order valence-corrected chi connectivity index (χ2v) is 8.24. The van der Waals surface area contributed by atoms with Gasteiger partial charge in [-0.15, -0.1) is 0 Å². The quantitative estimate of drug-likeness (QED) is 0.771. The Hall–Kier alpha value is -1.38. The number of likely N-dealkylation sites (tertiary alicyclic amines) is 1. The summed E-state index contributed by atoms with van der Waals surface area (Å²) in [6.45, 7) is 3.01. The van der Waals surface area contributed by atoms with Gasteiger partial charge in [0.05, 0.1) is 18.2 Å². The fraction of sp³-hybridized carbons (Fsp3) is 0.778. The van der Waals surface area contributed by atoms with Crippen LogP contribution in [0.3, 0.4) is 0 Å². The first-order valence-electron chi connectivity index (χ1n) is 8.80. The van der Waals surface area contributed by atoms with Crippen molar-refractivity contribution in [2.45, 2.75) is 62.6 Å². The molecule has 0 radical (unpaired) electrons. The highest BCUT2D eigenvalue weighted by molar-refractivity contribution is 5.79. The third-order valence-corrected chi connectivity index (χ3v) is 6.35. The van der Waals surface area contributed by atoms with Gasteiger partial charge in [-0.2, -0.15) is 5.26 Å². The average molecular weight is 315 g/mol. The highest BCUT2D eigenvalue weighted by Crippen LogP contribution is 2.59. The van der Waals surface area contributed by atoms with E-state index in [9.17, 15) is 9.90 Å². The van der Waals surface area contributed by atoms with Crippen LogP contribution in [0.4, 0.5) is 0 Å². The molecule has 2 bridgehead atoms. The van der Waals surface area contributed by atoms with Crippen LogP contribution in [-0.2, 0) is 4.79 Å². The van der Waals surface area contributed by atoms with Crippen LogP contribution in [0.5, 0.6) is 0 Å². The first-order chi connectivity index (χ1) is 10.9. The minimum Gasteiger partial charge on any atom is -0.390 e. The van der Waals surface area contributed by atoms with E-state index in [1.165, 1.54) is 5.57 Å². The third-order valence-electron chi connectivity index (χ3n) is 6.35. The molecule has 5 atom stereocenters. The monoisotopic (exact) mass is 315 g/mol. The van der Waals surface area contributed by atoms with Crippen molar-refractivity contribution in [1.82, 2.24) is 10.2 Å². The van der Waals surface area contributed by atoms with E-state index in [1.807, 2.05) is 0 Å². The summed E-state index contributed by atoms with van der Waals surface area (Å²) in [7, 11) is 0. The second kappa shape index (κ2) is 5.06. The maximum atomic E-state index is 12.4. The normalized spacial score (nSPS) is 44.3. The number of carbonyl (C=O) groups is 1. The number of aliphatic hydroxyl groups is 1. The summed E-state index contributed by atoms with van der Waals surface area (Å²) in [5.74, 6) is 1.25. The Balaban J connectivity index is 1.44. The minimum atomic E-state index is -0.586. The first kappa shape index (κ1) is 15.2. The lowest BCUT2D eigenvalue weighted by Crippen LogP contribution is -2.51. The molecule has 2 N–H and O–H groups in total. The molecular formula is C18H25N3O2. The molecule has 1 saturated heterocycles. The van der Waals surface area contributed by atoms with Crippen LogP contribution in [0.25, 0.3) is 0 Å². The van der Waals surface area contributed by atoms with Crippen LogP contribution in [-0.4, -0.2) is 46.2 Å². The molecule has 1 aliphatic heterocycles. The number of nitriles is 1. The smallest absolute Gasteiger partial charge is 0.237 e. The first-order valence-corrected chi connectivity index (χ1v) is 8.80. The topological polar surface area (TPSA) is 76.4 Å². The van der Waals surface area contributed by atoms with Gasteiger partial charge in [-0.3, -0.25) is 10.1 Å². The lowest BCUT2D eigenvalue weighted by Gasteiger charge is -2.40. The fourth-order valence-electron chi connectivity index (χ4n) is 5.38. The van der Waals surface area contributed by atoms with E-state index in [0.29, 0.717) is 24.8 Å². The lowest BCUT2D eigenvalue weighted by molar-refractivity contribution is -0.130. The summed E-state index contributed by atoms with van der Waals surface area (Å²) in [5.41, 5.74) is 0.543. The molecule has 5 nitrogen and oxygen atoms in total. The van der Waals surface area contributed by atoms with E-state index in [4.69, 9.17) is 5.26 Å². The Labute approximate surface area is 137 Å². The molecule has 1 heterocycles. The number of nitrogens with one attached hydrogen (secondary N) is 1. The van der Waals surface area contributed by atoms with Gasteiger partial charge in [-0.05, 0) is 57.3 Å². The van der Waals surface area contributed by atoms with Gasteiger partial charge in [0.25, 0.3) is 0 Å². The predicted octanol–water partition coefficient (Wildman–Crippen LogP) is 1.34. The van der Waals surface area contributed by atoms with E-state index in [-0.39, 0.29) is 24.0 Å². The number of rotatable bonds is 3. The van der Waals surface area contributed by atoms with Crippen molar-refractivity contribution in [3.05, 3.63) is 11.6 Å². The van der Waals surface area contributed by atoms with Crippen LogP contribution in [0.15, 0.2) is 11.6 Å². The summed E-state index contributed by atoms with van der Waals surface area (Å²) in [6, 6.07) is 1.95. The standard InChI is InChI=1S/C18H25N3O2/c1-17(20-10-16(22)21-4-2-3-14(21)9-19)6-12-5-13-7-18(23,11-17)8-15(12)13/h6,13-15,20,23H,2-5,7-8,10-11H2,1H3/t13?,14-,15?,17?,18?/m0/s1. The molecule has 124 valence electrons. The maximum Gasteiger partial charge on any atom is 0.237 e. The molecule has 0 aromatic rings. The zero-order chi connectivity index (χ0) is 16.2. The van der Waals surface area contributed by atoms with Crippen LogP contribution in [0.2, 0.25) is 0 Å². The molecule has 1 amide bonds. The molecule has 5 heteroatoms. The van der Waals surface area contributed by atoms with Gasteiger partial charge in [0, 0.05) is 12.1 Å². The van der Waals surface area contributed by atoms with Crippen molar-refractivity contribution >= 4 is 5.91 Å². The van der Waals surface area contributed by atoms with Crippen molar-refractivity contribution in [2.24, 2.45) is 11.8 Å². The molecule has 0 aromatic carbocycles. The molecular weight excluding hydrogens is 290 g/mol. The Morgan fingerprint density at radius 2 is 2.39 bits per heavy atom. The summed E-state index contributed by atoms with van der Waals surface area (Å²) in [5, 5.41) is 23.4. The molecule has 3 fully saturated rings. The van der Waals surface area contributed by atoms with Gasteiger partial charge in [0.1, 0.15) is 6.04 Å². The van der Waals surface area contributed by atoms with Crippen LogP contribution < -0.4 is 5.32 Å². The number of hydrogen-bond acceptors (Lipinski definition) is 4. The van der Waals surface area contributed by atoms with E-state index in [1.54, 1.807) is 4.90 Å². The van der Waals surface area contributed by atoms with E-state index in [2.05, 4.69) is 24.4 Å². The van der Waals surface area contributed by atoms with Gasteiger partial charge in [-0.1, -0.05) is 11.6 Å². The number of fused-ring (bicyclic) bond motifs is 1. The number of allylic oxidation sites excluding steroid dienone is 1. The van der Waals surface area contributed by atoms with Gasteiger partial charge >= 0.3 is 0 Å². The Morgan fingerprint density at radius 3 is 3.17 bits per heavy atom. The fourth-order valence-corrected chi connectivity index (χ4v) is 5.38. The Bertz CT molecular complexity index is 610. The van der Waals surface area contributed by atoms with Gasteiger partial charge < -0.3 is 10.0 Å². The van der Waals surface area contributed by atoms with Crippen molar-refractivity contribution in [1.29, 1.82) is 5.26 Å². The molecule has 0 spiro atoms. The molecule has 4 rings (SSSR count). The maximum absolute atomic E-state index is 12.4. The third kappa shape index (κ3) is 2.49. The predicted molar refractivity (Wildman–Crippen MR) is 85.2 cm³/mol. The van der Waals surface area contributed by atoms with E-state index >= 15 is 0 Å². The van der Waals surface area contributed by atoms with E-state index < -0.39 is 5.60 Å². The van der Waals surface area contributed by atoms with Crippen LogP contribution in [0.1, 0.15) is 45.4 Å². The summed E-state index contributed by atoms with van der Waals surface area (Å²) in [4.78, 5) is 14.1. The zero-order valence-electron chi connectivity index (χ0n) is 13.7. The van der Waals surface area contributed by atoms with Gasteiger partial charge in [-0.25, -0.2) is 0 Å². The van der Waals surface area contributed by atoms with Crippen molar-refractivity contribution in [3.8, 4) is 6.07 Å². The number of nitrogens with zero attached hydrogens (tertiary/aromatic N) is 2. The Morgan fingerprint density at radius 1 is 1.57 bits per heavy atom. The molecule has 3 aliphatic carbocycles. The SMILES string of the molecule is CC1(NCC(=O)N2CCC[C@H]2C#N)C=C2CC3CC(O)(CC23)C1. The number of carbonyl (C=O) groups excluding carboxylic acids is 1. The second-order valence-electron chi connectivity index (χ2n) is 8.24. The zero-order valence-corrected chi connectivity index (χ0v) is 13.7. The van der Waals surface area contributed by atoms with Crippen molar-refractivity contribution in [3.63, 3.8) is 0 Å². The number of amides is 1. The van der Waals surface area contributed by atoms with Crippen molar-refractivity contribution < 1.29 is 9.90 Å². The lowest BCUT2D eigenvalue weighted by atomic mass is 9.69. The van der Waals surface area contributed by atoms with E-state index in [0.717, 1.165) is 32.1 Å². The Kier molecular flexibility index (Phi) is 3.33. The summed E-state index contributed by atoms with van der Waals surface area (Å²) < 4.78 is 0. The molecule has 0 aromatic heterocycles. The largest absolute Gasteiger partial charge is 0.390 e.